The maximum atomic E-state index is 14.4. The largest absolute Gasteiger partial charge is 0.444 e. The van der Waals surface area contributed by atoms with E-state index in [2.05, 4.69) is 15.4 Å². The van der Waals surface area contributed by atoms with E-state index in [1.54, 1.807) is 32.9 Å². The molecule has 5 amide bonds. The minimum absolute atomic E-state index is 0.0123. The Morgan fingerprint density at radius 1 is 1.07 bits per heavy atom. The number of carbonyl (C=O) groups is 5. The van der Waals surface area contributed by atoms with E-state index in [4.69, 9.17) is 21.1 Å². The van der Waals surface area contributed by atoms with Gasteiger partial charge in [0.05, 0.1) is 18.1 Å². The number of ether oxygens (including phenoxy) is 2. The summed E-state index contributed by atoms with van der Waals surface area (Å²) in [7, 11) is -4.31. The normalized spacial score (nSPS) is 26.3. The Hall–Kier alpha value is -3.96. The molecule has 294 valence electrons. The van der Waals surface area contributed by atoms with Gasteiger partial charge in [0, 0.05) is 23.9 Å². The number of amides is 5. The lowest BCUT2D eigenvalue weighted by Gasteiger charge is -2.30. The van der Waals surface area contributed by atoms with Crippen LogP contribution in [0.3, 0.4) is 0 Å². The molecule has 1 aromatic heterocycles. The van der Waals surface area contributed by atoms with Crippen LogP contribution in [0.25, 0.3) is 0 Å². The summed E-state index contributed by atoms with van der Waals surface area (Å²) in [5.41, 5.74) is -1.40. The first-order chi connectivity index (χ1) is 25.5. The molecule has 14 nitrogen and oxygen atoms in total. The second kappa shape index (κ2) is 15.6. The first-order valence-corrected chi connectivity index (χ1v) is 20.8. The highest BCUT2D eigenvalue weighted by molar-refractivity contribution is 7.92. The topological polar surface area (TPSA) is 181 Å². The van der Waals surface area contributed by atoms with E-state index in [9.17, 15) is 36.8 Å². The van der Waals surface area contributed by atoms with Crippen molar-refractivity contribution in [2.75, 3.05) is 6.54 Å². The smallest absolute Gasteiger partial charge is 0.410 e. The first-order valence-electron chi connectivity index (χ1n) is 18.1. The number of alkyl carbamates (subject to hydrolysis) is 1. The molecule has 5 atom stereocenters. The van der Waals surface area contributed by atoms with Crippen molar-refractivity contribution in [1.29, 1.82) is 0 Å². The Morgan fingerprint density at radius 3 is 2.48 bits per heavy atom. The van der Waals surface area contributed by atoms with Gasteiger partial charge in [-0.1, -0.05) is 55.8 Å². The highest BCUT2D eigenvalue weighted by Crippen LogP contribution is 2.48. The molecule has 3 aliphatic heterocycles. The van der Waals surface area contributed by atoms with Gasteiger partial charge in [-0.15, -0.1) is 11.3 Å². The monoisotopic (exact) mass is 809 g/mol. The minimum Gasteiger partial charge on any atom is -0.444 e. The van der Waals surface area contributed by atoms with Crippen molar-refractivity contribution >= 4 is 62.9 Å². The van der Waals surface area contributed by atoms with E-state index in [1.807, 2.05) is 0 Å². The quantitative estimate of drug-likeness (QED) is 0.376. The first kappa shape index (κ1) is 39.7. The average Bonchev–Trinajstić information content (AvgIpc) is 3.46. The molecular weight excluding hydrogens is 765 g/mol. The van der Waals surface area contributed by atoms with Crippen molar-refractivity contribution in [2.24, 2.45) is 5.92 Å². The summed E-state index contributed by atoms with van der Waals surface area (Å²) in [6, 6.07) is 3.47. The Morgan fingerprint density at radius 2 is 1.80 bits per heavy atom. The summed E-state index contributed by atoms with van der Waals surface area (Å²) in [6.45, 7) is 4.97. The molecule has 0 bridgehead atoms. The molecule has 6 rings (SSSR count). The van der Waals surface area contributed by atoms with Gasteiger partial charge < -0.3 is 25.0 Å². The molecule has 4 aliphatic rings. The van der Waals surface area contributed by atoms with Crippen LogP contribution in [0, 0.1) is 11.7 Å². The van der Waals surface area contributed by atoms with E-state index in [0.29, 0.717) is 24.0 Å². The Bertz CT molecular complexity index is 1920. The van der Waals surface area contributed by atoms with Crippen LogP contribution in [0.2, 0.25) is 5.02 Å². The molecule has 2 saturated heterocycles. The van der Waals surface area contributed by atoms with E-state index in [-0.39, 0.29) is 54.0 Å². The molecule has 4 heterocycles. The van der Waals surface area contributed by atoms with Crippen molar-refractivity contribution in [1.82, 2.24) is 25.2 Å². The third-order valence-corrected chi connectivity index (χ3v) is 13.3. The van der Waals surface area contributed by atoms with Gasteiger partial charge in [-0.2, -0.15) is 0 Å². The summed E-state index contributed by atoms with van der Waals surface area (Å²) in [6.07, 6.45) is 1.97. The van der Waals surface area contributed by atoms with Gasteiger partial charge in [-0.25, -0.2) is 27.1 Å². The second-order valence-corrected chi connectivity index (χ2v) is 18.7. The van der Waals surface area contributed by atoms with Crippen LogP contribution in [0.5, 0.6) is 0 Å². The summed E-state index contributed by atoms with van der Waals surface area (Å²) in [5.74, 6) is -3.06. The van der Waals surface area contributed by atoms with Crippen molar-refractivity contribution in [3.05, 3.63) is 51.6 Å². The number of nitrogens with one attached hydrogen (secondary N) is 3. The van der Waals surface area contributed by atoms with E-state index in [1.165, 1.54) is 27.3 Å². The van der Waals surface area contributed by atoms with Gasteiger partial charge in [0.25, 0.3) is 15.9 Å². The number of nitrogens with zero attached hydrogens (tertiary/aromatic N) is 2. The molecule has 1 saturated carbocycles. The van der Waals surface area contributed by atoms with Gasteiger partial charge >= 0.3 is 12.2 Å². The number of halogens is 2. The van der Waals surface area contributed by atoms with Crippen LogP contribution in [0.1, 0.15) is 89.7 Å². The number of carbonyl (C=O) groups excluding carboxylic acids is 5. The van der Waals surface area contributed by atoms with Gasteiger partial charge in [0.2, 0.25) is 11.8 Å². The molecule has 1 aromatic carbocycles. The van der Waals surface area contributed by atoms with Crippen molar-refractivity contribution in [2.45, 2.75) is 125 Å². The number of hydrogen-bond donors (Lipinski definition) is 3. The molecule has 3 fully saturated rings. The minimum atomic E-state index is -4.31. The molecule has 1 aliphatic carbocycles. The van der Waals surface area contributed by atoms with Gasteiger partial charge in [0.15, 0.2) is 0 Å². The van der Waals surface area contributed by atoms with E-state index >= 15 is 0 Å². The van der Waals surface area contributed by atoms with Gasteiger partial charge in [-0.05, 0) is 63.6 Å². The predicted molar refractivity (Wildman–Crippen MR) is 195 cm³/mol. The highest BCUT2D eigenvalue weighted by atomic mass is 35.5. The molecule has 3 N–H and O–H groups in total. The number of hydrogen-bond acceptors (Lipinski definition) is 10. The van der Waals surface area contributed by atoms with Crippen molar-refractivity contribution in [3.8, 4) is 0 Å². The zero-order valence-electron chi connectivity index (χ0n) is 30.3. The third kappa shape index (κ3) is 8.94. The van der Waals surface area contributed by atoms with Crippen LogP contribution in [-0.4, -0.2) is 84.0 Å². The van der Waals surface area contributed by atoms with Gasteiger partial charge in [0.1, 0.15) is 39.4 Å². The average molecular weight is 810 g/mol. The maximum Gasteiger partial charge on any atom is 0.410 e. The summed E-state index contributed by atoms with van der Waals surface area (Å²) in [4.78, 5) is 71.4. The van der Waals surface area contributed by atoms with Crippen molar-refractivity contribution < 1.29 is 46.3 Å². The molecule has 18 heteroatoms. The second-order valence-electron chi connectivity index (χ2n) is 15.4. The zero-order chi connectivity index (χ0) is 39.0. The lowest BCUT2D eigenvalue weighted by atomic mass is 10.0. The van der Waals surface area contributed by atoms with Crippen LogP contribution in [-0.2, 0) is 47.0 Å². The lowest BCUT2D eigenvalue weighted by molar-refractivity contribution is -0.141. The number of benzene rings is 1. The number of sulfonamides is 1. The van der Waals surface area contributed by atoms with Crippen molar-refractivity contribution in [3.63, 3.8) is 0 Å². The molecule has 2 aromatic rings. The Balaban J connectivity index is 1.26. The van der Waals surface area contributed by atoms with Crippen LogP contribution >= 0.6 is 22.9 Å². The predicted octanol–water partition coefficient (Wildman–Crippen LogP) is 4.98. The summed E-state index contributed by atoms with van der Waals surface area (Å²) < 4.78 is 54.0. The molecule has 1 unspecified atom stereocenters. The zero-order valence-corrected chi connectivity index (χ0v) is 32.7. The Labute approximate surface area is 322 Å². The fraction of sp³-hybridized carbons (Fsp3) is 0.583. The third-order valence-electron chi connectivity index (χ3n) is 10.2. The fourth-order valence-electron chi connectivity index (χ4n) is 7.45. The lowest BCUT2D eigenvalue weighted by Crippen LogP contribution is -2.58. The molecule has 54 heavy (non-hydrogen) atoms. The summed E-state index contributed by atoms with van der Waals surface area (Å²) >= 11 is 6.79. The highest BCUT2D eigenvalue weighted by Gasteiger charge is 2.62. The van der Waals surface area contributed by atoms with Crippen LogP contribution in [0.4, 0.5) is 14.0 Å². The Kier molecular flexibility index (Phi) is 11.5. The molecular formula is C36H45ClFN5O9S2. The van der Waals surface area contributed by atoms with Gasteiger partial charge in [-0.3, -0.25) is 19.3 Å². The molecule has 0 radical (unpaired) electrons. The maximum absolute atomic E-state index is 14.4. The fourth-order valence-corrected chi connectivity index (χ4v) is 9.90. The number of rotatable bonds is 5. The van der Waals surface area contributed by atoms with E-state index < -0.39 is 75.1 Å². The number of thiophene rings is 1. The van der Waals surface area contributed by atoms with Crippen LogP contribution < -0.4 is 15.4 Å². The molecule has 0 spiro atoms. The summed E-state index contributed by atoms with van der Waals surface area (Å²) in [5, 5.41) is 7.09. The van der Waals surface area contributed by atoms with Crippen LogP contribution in [0.15, 0.2) is 33.9 Å². The number of fused-ring (bicyclic) bond motifs is 3. The standard InChI is InChI=1S/C36H45ClFN5O9S2/c1-35(2,3)52-33(47)39-27-13-8-6-4-5-7-11-22-16-36(22,32(46)41-54(49,50)29-14-23(37)20-53-29)40-30(44)28-15-24(18-43(28)31(27)45)51-34(48)42-17-21-10-9-12-26(38)25(21)19-42/h9-10,12,14,20,22,24,27-28H,4-8,11,13,15-19H2,1-3H3,(H,39,47)(H,40,44)(H,41,46)/t22-,24-,27+,28+,36?/m1/s1. The SMILES string of the molecule is CC(C)(C)OC(=O)N[C@H]1CCCCCCC[C@@H]2CC2(C(=O)NS(=O)(=O)c2cc(Cl)cs2)NC(=O)[C@@H]2C[C@@H](OC(=O)N3Cc4cccc(F)c4C3)CN2C1=O. The van der Waals surface area contributed by atoms with E-state index in [0.717, 1.165) is 37.0 Å².